The maximum atomic E-state index is 12.7. The number of ketones is 1. The van der Waals surface area contributed by atoms with E-state index in [1.165, 1.54) is 0 Å². The van der Waals surface area contributed by atoms with Gasteiger partial charge in [-0.05, 0) is 37.1 Å². The zero-order valence-electron chi connectivity index (χ0n) is 13.2. The number of hydrogen-bond donors (Lipinski definition) is 0. The van der Waals surface area contributed by atoms with Crippen molar-refractivity contribution in [2.45, 2.75) is 12.8 Å². The SMILES string of the molecule is O=C(c1ccc(C(=O)N2CCCC2)cc1)c1cnc2ccccn12. The molecule has 1 aliphatic rings. The average Bonchev–Trinajstić information content (AvgIpc) is 3.30. The Hall–Kier alpha value is -2.95. The lowest BCUT2D eigenvalue weighted by Crippen LogP contribution is -2.27. The van der Waals surface area contributed by atoms with Crippen molar-refractivity contribution in [1.82, 2.24) is 14.3 Å². The minimum absolute atomic E-state index is 0.0429. The van der Waals surface area contributed by atoms with E-state index in [1.54, 1.807) is 34.9 Å². The van der Waals surface area contributed by atoms with Crippen molar-refractivity contribution < 1.29 is 9.59 Å². The molecule has 1 aliphatic heterocycles. The fraction of sp³-hybridized carbons (Fsp3) is 0.211. The summed E-state index contributed by atoms with van der Waals surface area (Å²) in [5, 5.41) is 0. The van der Waals surface area contributed by atoms with Gasteiger partial charge in [-0.15, -0.1) is 0 Å². The fourth-order valence-corrected chi connectivity index (χ4v) is 3.12. The van der Waals surface area contributed by atoms with Crippen molar-refractivity contribution in [2.24, 2.45) is 0 Å². The topological polar surface area (TPSA) is 54.7 Å². The monoisotopic (exact) mass is 319 g/mol. The van der Waals surface area contributed by atoms with Gasteiger partial charge in [-0.1, -0.05) is 18.2 Å². The van der Waals surface area contributed by atoms with Crippen LogP contribution in [0.15, 0.2) is 54.9 Å². The molecule has 0 aliphatic carbocycles. The predicted octanol–water partition coefficient (Wildman–Crippen LogP) is 2.80. The molecule has 1 aromatic carbocycles. The molecule has 3 heterocycles. The molecule has 0 spiro atoms. The van der Waals surface area contributed by atoms with Crippen LogP contribution in [0.2, 0.25) is 0 Å². The molecule has 1 amide bonds. The summed E-state index contributed by atoms with van der Waals surface area (Å²) in [5.41, 5.74) is 2.44. The Morgan fingerprint density at radius 1 is 0.917 bits per heavy atom. The van der Waals surface area contributed by atoms with Gasteiger partial charge in [0.05, 0.1) is 6.20 Å². The molecule has 0 saturated carbocycles. The van der Waals surface area contributed by atoms with Gasteiger partial charge in [0, 0.05) is 30.4 Å². The van der Waals surface area contributed by atoms with E-state index in [1.807, 2.05) is 29.3 Å². The Bertz CT molecular complexity index is 906. The summed E-state index contributed by atoms with van der Waals surface area (Å²) < 4.78 is 1.77. The van der Waals surface area contributed by atoms with Gasteiger partial charge in [-0.3, -0.25) is 14.0 Å². The molecule has 0 N–H and O–H groups in total. The maximum Gasteiger partial charge on any atom is 0.253 e. The first-order chi connectivity index (χ1) is 11.7. The third-order valence-corrected chi connectivity index (χ3v) is 4.44. The van der Waals surface area contributed by atoms with E-state index in [-0.39, 0.29) is 11.7 Å². The van der Waals surface area contributed by atoms with Gasteiger partial charge in [0.25, 0.3) is 5.91 Å². The number of hydrogen-bond acceptors (Lipinski definition) is 3. The van der Waals surface area contributed by atoms with Gasteiger partial charge >= 0.3 is 0 Å². The Balaban J connectivity index is 1.60. The van der Waals surface area contributed by atoms with Crippen molar-refractivity contribution in [3.8, 4) is 0 Å². The zero-order chi connectivity index (χ0) is 16.5. The van der Waals surface area contributed by atoms with Crippen LogP contribution in [-0.4, -0.2) is 39.1 Å². The van der Waals surface area contributed by atoms with Gasteiger partial charge < -0.3 is 4.90 Å². The van der Waals surface area contributed by atoms with Crippen LogP contribution < -0.4 is 0 Å². The van der Waals surface area contributed by atoms with Crippen LogP contribution in [-0.2, 0) is 0 Å². The summed E-state index contributed by atoms with van der Waals surface area (Å²) in [6, 6.07) is 12.5. The number of nitrogens with zero attached hydrogens (tertiary/aromatic N) is 3. The van der Waals surface area contributed by atoms with Crippen molar-refractivity contribution >= 4 is 17.3 Å². The first-order valence-electron chi connectivity index (χ1n) is 8.10. The minimum atomic E-state index is -0.103. The van der Waals surface area contributed by atoms with Gasteiger partial charge in [-0.25, -0.2) is 4.98 Å². The zero-order valence-corrected chi connectivity index (χ0v) is 13.2. The highest BCUT2D eigenvalue weighted by molar-refractivity contribution is 6.08. The number of amides is 1. The Morgan fingerprint density at radius 3 is 2.38 bits per heavy atom. The summed E-state index contributed by atoms with van der Waals surface area (Å²) in [7, 11) is 0. The van der Waals surface area contributed by atoms with Crippen LogP contribution in [0.5, 0.6) is 0 Å². The molecule has 1 fully saturated rings. The van der Waals surface area contributed by atoms with Crippen molar-refractivity contribution in [3.05, 3.63) is 71.7 Å². The first-order valence-corrected chi connectivity index (χ1v) is 8.10. The quantitative estimate of drug-likeness (QED) is 0.698. The number of imidazole rings is 1. The molecule has 4 rings (SSSR count). The Morgan fingerprint density at radius 2 is 1.62 bits per heavy atom. The molecular weight excluding hydrogens is 302 g/mol. The third kappa shape index (κ3) is 2.48. The standard InChI is InChI=1S/C19H17N3O2/c23-18(16-13-20-17-5-1-2-12-22(16)17)14-6-8-15(9-7-14)19(24)21-10-3-4-11-21/h1-2,5-9,12-13H,3-4,10-11H2. The number of pyridine rings is 1. The summed E-state index contributed by atoms with van der Waals surface area (Å²) in [6.07, 6.45) is 5.54. The molecular formula is C19H17N3O2. The lowest BCUT2D eigenvalue weighted by molar-refractivity contribution is 0.0792. The van der Waals surface area contributed by atoms with E-state index in [2.05, 4.69) is 4.98 Å². The molecule has 5 heteroatoms. The fourth-order valence-electron chi connectivity index (χ4n) is 3.12. The minimum Gasteiger partial charge on any atom is -0.339 e. The molecule has 24 heavy (non-hydrogen) atoms. The lowest BCUT2D eigenvalue weighted by atomic mass is 10.1. The van der Waals surface area contributed by atoms with Crippen LogP contribution >= 0.6 is 0 Å². The molecule has 0 bridgehead atoms. The molecule has 120 valence electrons. The van der Waals surface area contributed by atoms with Crippen LogP contribution in [0.25, 0.3) is 5.65 Å². The van der Waals surface area contributed by atoms with Gasteiger partial charge in [0.2, 0.25) is 5.78 Å². The third-order valence-electron chi connectivity index (χ3n) is 4.44. The van der Waals surface area contributed by atoms with E-state index in [0.717, 1.165) is 31.6 Å². The van der Waals surface area contributed by atoms with Gasteiger partial charge in [-0.2, -0.15) is 0 Å². The molecule has 2 aromatic heterocycles. The highest BCUT2D eigenvalue weighted by Gasteiger charge is 2.20. The largest absolute Gasteiger partial charge is 0.339 e. The number of benzene rings is 1. The van der Waals surface area contributed by atoms with E-state index in [9.17, 15) is 9.59 Å². The van der Waals surface area contributed by atoms with Gasteiger partial charge in [0.15, 0.2) is 0 Å². The molecule has 3 aromatic rings. The summed E-state index contributed by atoms with van der Waals surface area (Å²) in [5.74, 6) is -0.0600. The van der Waals surface area contributed by atoms with E-state index in [0.29, 0.717) is 16.8 Å². The van der Waals surface area contributed by atoms with Gasteiger partial charge in [0.1, 0.15) is 11.3 Å². The summed E-state index contributed by atoms with van der Waals surface area (Å²) >= 11 is 0. The Kier molecular flexibility index (Phi) is 3.61. The van der Waals surface area contributed by atoms with E-state index >= 15 is 0 Å². The van der Waals surface area contributed by atoms with Crippen LogP contribution in [0.4, 0.5) is 0 Å². The normalized spacial score (nSPS) is 14.2. The predicted molar refractivity (Wildman–Crippen MR) is 90.2 cm³/mol. The number of rotatable bonds is 3. The molecule has 0 atom stereocenters. The number of likely N-dealkylation sites (tertiary alicyclic amines) is 1. The maximum absolute atomic E-state index is 12.7. The second-order valence-corrected chi connectivity index (χ2v) is 5.98. The molecule has 1 saturated heterocycles. The van der Waals surface area contributed by atoms with Crippen LogP contribution in [0, 0.1) is 0 Å². The number of carbonyl (C=O) groups is 2. The average molecular weight is 319 g/mol. The van der Waals surface area contributed by atoms with Crippen LogP contribution in [0.1, 0.15) is 39.3 Å². The second-order valence-electron chi connectivity index (χ2n) is 5.98. The summed E-state index contributed by atoms with van der Waals surface area (Å²) in [6.45, 7) is 1.64. The Labute approximate surface area is 139 Å². The van der Waals surface area contributed by atoms with E-state index < -0.39 is 0 Å². The number of aromatic nitrogens is 2. The van der Waals surface area contributed by atoms with Crippen LogP contribution in [0.3, 0.4) is 0 Å². The molecule has 0 radical (unpaired) electrons. The number of fused-ring (bicyclic) bond motifs is 1. The molecule has 0 unspecified atom stereocenters. The summed E-state index contributed by atoms with van der Waals surface area (Å²) in [4.78, 5) is 31.2. The van der Waals surface area contributed by atoms with Crippen molar-refractivity contribution in [2.75, 3.05) is 13.1 Å². The molecule has 5 nitrogen and oxygen atoms in total. The van der Waals surface area contributed by atoms with Crippen molar-refractivity contribution in [1.29, 1.82) is 0 Å². The lowest BCUT2D eigenvalue weighted by Gasteiger charge is -2.15. The number of carbonyl (C=O) groups excluding carboxylic acids is 2. The first kappa shape index (κ1) is 14.6. The van der Waals surface area contributed by atoms with Crippen molar-refractivity contribution in [3.63, 3.8) is 0 Å². The van der Waals surface area contributed by atoms with E-state index in [4.69, 9.17) is 0 Å². The smallest absolute Gasteiger partial charge is 0.253 e. The second kappa shape index (κ2) is 5.92. The highest BCUT2D eigenvalue weighted by atomic mass is 16.2. The highest BCUT2D eigenvalue weighted by Crippen LogP contribution is 2.16.